The first-order valence-electron chi connectivity index (χ1n) is 8.00. The van der Waals surface area contributed by atoms with Gasteiger partial charge in [-0.25, -0.2) is 0 Å². The second kappa shape index (κ2) is 6.74. The van der Waals surface area contributed by atoms with E-state index in [2.05, 4.69) is 33.0 Å². The summed E-state index contributed by atoms with van der Waals surface area (Å²) in [5, 5.41) is 3.34. The zero-order chi connectivity index (χ0) is 14.5. The monoisotopic (exact) mass is 268 g/mol. The summed E-state index contributed by atoms with van der Waals surface area (Å²) in [5.74, 6) is 0.938. The van der Waals surface area contributed by atoms with Crippen LogP contribution < -0.4 is 11.1 Å². The van der Waals surface area contributed by atoms with Gasteiger partial charge in [0.25, 0.3) is 0 Å². The molecule has 0 aliphatic heterocycles. The lowest BCUT2D eigenvalue weighted by Gasteiger charge is -2.41. The van der Waals surface area contributed by atoms with E-state index in [1.165, 1.54) is 0 Å². The van der Waals surface area contributed by atoms with Gasteiger partial charge in [-0.3, -0.25) is 4.79 Å². The summed E-state index contributed by atoms with van der Waals surface area (Å²) in [6.45, 7) is 9.23. The van der Waals surface area contributed by atoms with E-state index in [9.17, 15) is 4.79 Å². The molecule has 1 aliphatic rings. The largest absolute Gasteiger partial charge is 0.350 e. The summed E-state index contributed by atoms with van der Waals surface area (Å²) in [7, 11) is 0. The Morgan fingerprint density at radius 3 is 2.05 bits per heavy atom. The molecule has 1 saturated carbocycles. The molecule has 1 fully saturated rings. The maximum Gasteiger partial charge on any atom is 0.227 e. The summed E-state index contributed by atoms with van der Waals surface area (Å²) in [4.78, 5) is 12.8. The third kappa shape index (κ3) is 3.50. The van der Waals surface area contributed by atoms with Gasteiger partial charge in [-0.1, -0.05) is 27.7 Å². The van der Waals surface area contributed by atoms with Crippen molar-refractivity contribution < 1.29 is 4.79 Å². The smallest absolute Gasteiger partial charge is 0.227 e. The van der Waals surface area contributed by atoms with Crippen LogP contribution in [0.4, 0.5) is 0 Å². The number of hydrogen-bond donors (Lipinski definition) is 2. The highest BCUT2D eigenvalue weighted by Crippen LogP contribution is 2.39. The van der Waals surface area contributed by atoms with Crippen molar-refractivity contribution in [3.63, 3.8) is 0 Å². The molecule has 3 heteroatoms. The van der Waals surface area contributed by atoms with Gasteiger partial charge >= 0.3 is 0 Å². The summed E-state index contributed by atoms with van der Waals surface area (Å²) >= 11 is 0. The molecule has 19 heavy (non-hydrogen) atoms. The number of carbonyl (C=O) groups excluding carboxylic acids is 1. The van der Waals surface area contributed by atoms with Crippen molar-refractivity contribution in [2.24, 2.45) is 17.1 Å². The van der Waals surface area contributed by atoms with E-state index in [1.807, 2.05) is 0 Å². The topological polar surface area (TPSA) is 55.1 Å². The predicted molar refractivity (Wildman–Crippen MR) is 80.9 cm³/mol. The Balaban J connectivity index is 2.79. The van der Waals surface area contributed by atoms with Crippen LogP contribution in [0.5, 0.6) is 0 Å². The number of carbonyl (C=O) groups is 1. The molecular weight excluding hydrogens is 236 g/mol. The van der Waals surface area contributed by atoms with Crippen molar-refractivity contribution in [3.05, 3.63) is 0 Å². The minimum atomic E-state index is -0.308. The summed E-state index contributed by atoms with van der Waals surface area (Å²) in [5.41, 5.74) is 5.62. The van der Waals surface area contributed by atoms with E-state index in [0.29, 0.717) is 6.54 Å². The summed E-state index contributed by atoms with van der Waals surface area (Å²) in [6.07, 6.45) is 7.12. The van der Waals surface area contributed by atoms with Crippen LogP contribution in [-0.2, 0) is 4.79 Å². The molecule has 3 nitrogen and oxygen atoms in total. The lowest BCUT2D eigenvalue weighted by atomic mass is 9.69. The van der Waals surface area contributed by atoms with E-state index >= 15 is 0 Å². The first kappa shape index (κ1) is 16.5. The molecule has 0 radical (unpaired) electrons. The maximum atomic E-state index is 12.8. The third-order valence-corrected chi connectivity index (χ3v) is 5.51. The predicted octanol–water partition coefficient (Wildman–Crippen LogP) is 3.23. The highest BCUT2D eigenvalue weighted by molar-refractivity contribution is 5.83. The van der Waals surface area contributed by atoms with Crippen molar-refractivity contribution in [1.82, 2.24) is 5.32 Å². The minimum Gasteiger partial charge on any atom is -0.350 e. The number of amides is 1. The second-order valence-corrected chi connectivity index (χ2v) is 6.46. The van der Waals surface area contributed by atoms with Crippen LogP contribution in [0.15, 0.2) is 0 Å². The highest BCUT2D eigenvalue weighted by atomic mass is 16.2. The van der Waals surface area contributed by atoms with Gasteiger partial charge in [0.2, 0.25) is 5.91 Å². The third-order valence-electron chi connectivity index (χ3n) is 5.51. The van der Waals surface area contributed by atoms with Gasteiger partial charge in [0, 0.05) is 12.1 Å². The molecule has 0 aromatic rings. The quantitative estimate of drug-likeness (QED) is 0.777. The molecule has 112 valence electrons. The Labute approximate surface area is 118 Å². The van der Waals surface area contributed by atoms with Gasteiger partial charge in [0.05, 0.1) is 5.41 Å². The van der Waals surface area contributed by atoms with Crippen molar-refractivity contribution in [2.45, 2.75) is 78.2 Å². The van der Waals surface area contributed by atoms with Crippen molar-refractivity contribution in [3.8, 4) is 0 Å². The molecule has 1 amide bonds. The average molecular weight is 268 g/mol. The first-order chi connectivity index (χ1) is 8.97. The lowest BCUT2D eigenvalue weighted by molar-refractivity contribution is -0.135. The number of nitrogens with one attached hydrogen (secondary N) is 1. The Morgan fingerprint density at radius 2 is 1.68 bits per heavy atom. The second-order valence-electron chi connectivity index (χ2n) is 6.46. The molecule has 1 aliphatic carbocycles. The van der Waals surface area contributed by atoms with Crippen LogP contribution in [0, 0.1) is 11.3 Å². The van der Waals surface area contributed by atoms with Gasteiger partial charge in [-0.05, 0) is 50.9 Å². The highest BCUT2D eigenvalue weighted by Gasteiger charge is 2.42. The summed E-state index contributed by atoms with van der Waals surface area (Å²) < 4.78 is 0. The number of nitrogens with two attached hydrogens (primary N) is 1. The minimum absolute atomic E-state index is 0.0394. The van der Waals surface area contributed by atoms with Crippen LogP contribution in [0.2, 0.25) is 0 Å². The van der Waals surface area contributed by atoms with Gasteiger partial charge in [0.15, 0.2) is 0 Å². The van der Waals surface area contributed by atoms with Gasteiger partial charge in [0.1, 0.15) is 0 Å². The van der Waals surface area contributed by atoms with E-state index < -0.39 is 0 Å². The van der Waals surface area contributed by atoms with Crippen LogP contribution in [0.1, 0.15) is 72.6 Å². The Bertz CT molecular complexity index is 281. The fraction of sp³-hybridized carbons (Fsp3) is 0.938. The molecular formula is C16H32N2O. The van der Waals surface area contributed by atoms with Gasteiger partial charge in [-0.15, -0.1) is 0 Å². The zero-order valence-corrected chi connectivity index (χ0v) is 13.2. The zero-order valence-electron chi connectivity index (χ0n) is 13.2. The Hall–Kier alpha value is -0.570. The summed E-state index contributed by atoms with van der Waals surface area (Å²) in [6, 6.07) is 0. The standard InChI is InChI=1S/C16H32N2O/c1-5-16(6-2,7-3)18-14(19)15(12-17)10-8-13(4)9-11-15/h13H,5-12,17H2,1-4H3,(H,18,19). The van der Waals surface area contributed by atoms with Crippen LogP contribution in [0.25, 0.3) is 0 Å². The molecule has 0 bridgehead atoms. The molecule has 0 aromatic heterocycles. The maximum absolute atomic E-state index is 12.8. The normalized spacial score (nSPS) is 28.2. The van der Waals surface area contributed by atoms with E-state index in [4.69, 9.17) is 5.73 Å². The Kier molecular flexibility index (Phi) is 5.84. The van der Waals surface area contributed by atoms with Crippen molar-refractivity contribution in [2.75, 3.05) is 6.54 Å². The molecule has 0 saturated heterocycles. The molecule has 1 rings (SSSR count). The fourth-order valence-corrected chi connectivity index (χ4v) is 3.23. The van der Waals surface area contributed by atoms with Crippen molar-refractivity contribution in [1.29, 1.82) is 0 Å². The molecule has 0 unspecified atom stereocenters. The van der Waals surface area contributed by atoms with Gasteiger partial charge in [-0.2, -0.15) is 0 Å². The molecule has 3 N–H and O–H groups in total. The Morgan fingerprint density at radius 1 is 1.21 bits per heavy atom. The van der Waals surface area contributed by atoms with Gasteiger partial charge < -0.3 is 11.1 Å². The molecule has 0 heterocycles. The average Bonchev–Trinajstić information content (AvgIpc) is 2.46. The molecule has 0 atom stereocenters. The van der Waals surface area contributed by atoms with E-state index in [-0.39, 0.29) is 16.9 Å². The fourth-order valence-electron chi connectivity index (χ4n) is 3.23. The van der Waals surface area contributed by atoms with Crippen molar-refractivity contribution >= 4 is 5.91 Å². The van der Waals surface area contributed by atoms with E-state index in [0.717, 1.165) is 50.9 Å². The van der Waals surface area contributed by atoms with E-state index in [1.54, 1.807) is 0 Å². The molecule has 0 aromatic carbocycles. The molecule has 0 spiro atoms. The van der Waals surface area contributed by atoms with Crippen LogP contribution in [0.3, 0.4) is 0 Å². The SMILES string of the molecule is CCC(CC)(CC)NC(=O)C1(CN)CCC(C)CC1. The first-order valence-corrected chi connectivity index (χ1v) is 8.00. The number of rotatable bonds is 6. The van der Waals surface area contributed by atoms with Crippen LogP contribution in [-0.4, -0.2) is 18.0 Å². The van der Waals surface area contributed by atoms with Crippen LogP contribution >= 0.6 is 0 Å². The lowest BCUT2D eigenvalue weighted by Crippen LogP contribution is -2.55. The number of hydrogen-bond acceptors (Lipinski definition) is 2.